The normalized spacial score (nSPS) is 11.0. The summed E-state index contributed by atoms with van der Waals surface area (Å²) in [5.74, 6) is -3.00. The van der Waals surface area contributed by atoms with E-state index in [2.05, 4.69) is 4.98 Å². The molecule has 6 heteroatoms. The van der Waals surface area contributed by atoms with Gasteiger partial charge in [0.15, 0.2) is 0 Å². The molecule has 1 nitrogen and oxygen atoms in total. The Kier molecular flexibility index (Phi) is 4.39. The minimum absolute atomic E-state index is 0.293. The van der Waals surface area contributed by atoms with Crippen LogP contribution in [0.15, 0.2) is 60.8 Å². The molecule has 0 aliphatic rings. The van der Waals surface area contributed by atoms with Crippen molar-refractivity contribution in [2.24, 2.45) is 0 Å². The molecule has 0 atom stereocenters. The van der Waals surface area contributed by atoms with Crippen molar-refractivity contribution < 1.29 is 17.6 Å². The number of nitrogens with zero attached hydrogens (tertiary/aromatic N) is 1. The highest BCUT2D eigenvalue weighted by Crippen LogP contribution is 2.32. The average Bonchev–Trinajstić information content (AvgIpc) is 2.46. The maximum absolute atomic E-state index is 13.6. The summed E-state index contributed by atoms with van der Waals surface area (Å²) >= 11 is 0. The first kappa shape index (κ1) is 15.6. The predicted octanol–water partition coefficient (Wildman–Crippen LogP) is 3.40. The molecule has 0 aliphatic heterocycles. The van der Waals surface area contributed by atoms with Crippen molar-refractivity contribution in [3.63, 3.8) is 0 Å². The number of rotatable bonds is 3. The summed E-state index contributed by atoms with van der Waals surface area (Å²) in [6.07, 6.45) is 1.52. The number of pyridine rings is 1. The fourth-order valence-corrected chi connectivity index (χ4v) is 4.49. The standard InChI is InChI=1S/C17H10F4NP/c18-11-5-12(19)8-15(7-11)23(17-3-1-2-4-22-17)16-9-13(20)6-14(21)10-16/h1-10H. The van der Waals surface area contributed by atoms with Gasteiger partial charge in [-0.15, -0.1) is 0 Å². The Labute approximate surface area is 131 Å². The molecule has 0 radical (unpaired) electrons. The molecule has 0 bridgehead atoms. The Balaban J connectivity index is 2.22. The summed E-state index contributed by atoms with van der Waals surface area (Å²) in [6.45, 7) is 0. The largest absolute Gasteiger partial charge is 0.256 e. The Morgan fingerprint density at radius 3 is 1.52 bits per heavy atom. The van der Waals surface area contributed by atoms with Crippen LogP contribution in [-0.4, -0.2) is 4.98 Å². The van der Waals surface area contributed by atoms with Crippen LogP contribution in [0.2, 0.25) is 0 Å². The first-order valence-corrected chi connectivity index (χ1v) is 8.00. The molecule has 3 rings (SSSR count). The SMILES string of the molecule is Fc1cc(F)cc(P(c2cc(F)cc(F)c2)c2ccccn2)c1. The lowest BCUT2D eigenvalue weighted by Crippen LogP contribution is -2.24. The van der Waals surface area contributed by atoms with Gasteiger partial charge in [-0.2, -0.15) is 0 Å². The van der Waals surface area contributed by atoms with E-state index in [1.54, 1.807) is 18.2 Å². The van der Waals surface area contributed by atoms with E-state index >= 15 is 0 Å². The summed E-state index contributed by atoms with van der Waals surface area (Å²) in [6, 6.07) is 11.2. The molecule has 0 unspecified atom stereocenters. The van der Waals surface area contributed by atoms with Crippen LogP contribution in [0.25, 0.3) is 0 Å². The summed E-state index contributed by atoms with van der Waals surface area (Å²) in [5, 5.41) is 0.586. The van der Waals surface area contributed by atoms with Gasteiger partial charge in [0.1, 0.15) is 23.3 Å². The molecule has 0 N–H and O–H groups in total. The Morgan fingerprint density at radius 2 is 1.13 bits per heavy atom. The third kappa shape index (κ3) is 3.57. The van der Waals surface area contributed by atoms with Gasteiger partial charge in [0.2, 0.25) is 0 Å². The molecule has 0 amide bonds. The van der Waals surface area contributed by atoms with E-state index in [1.165, 1.54) is 6.20 Å². The molecule has 1 aromatic heterocycles. The van der Waals surface area contributed by atoms with Gasteiger partial charge in [0, 0.05) is 26.3 Å². The Morgan fingerprint density at radius 1 is 0.652 bits per heavy atom. The second-order valence-corrected chi connectivity index (χ2v) is 6.94. The number of benzene rings is 2. The van der Waals surface area contributed by atoms with Gasteiger partial charge in [-0.1, -0.05) is 6.07 Å². The second-order valence-electron chi connectivity index (χ2n) is 4.78. The lowest BCUT2D eigenvalue weighted by Gasteiger charge is -2.18. The molecule has 116 valence electrons. The zero-order valence-corrected chi connectivity index (χ0v) is 12.6. The number of aromatic nitrogens is 1. The molecular weight excluding hydrogens is 325 g/mol. The molecule has 3 aromatic rings. The predicted molar refractivity (Wildman–Crippen MR) is 82.8 cm³/mol. The van der Waals surface area contributed by atoms with Crippen molar-refractivity contribution in [2.45, 2.75) is 0 Å². The fourth-order valence-electron chi connectivity index (χ4n) is 2.24. The zero-order chi connectivity index (χ0) is 16.4. The summed E-state index contributed by atoms with van der Waals surface area (Å²) in [4.78, 5) is 4.19. The van der Waals surface area contributed by atoms with Crippen LogP contribution < -0.4 is 16.0 Å². The first-order valence-electron chi connectivity index (χ1n) is 6.66. The average molecular weight is 335 g/mol. The number of hydrogen-bond donors (Lipinski definition) is 0. The molecule has 0 saturated heterocycles. The maximum atomic E-state index is 13.6. The van der Waals surface area contributed by atoms with E-state index in [1.807, 2.05) is 0 Å². The lowest BCUT2D eigenvalue weighted by molar-refractivity contribution is 0.585. The van der Waals surface area contributed by atoms with Gasteiger partial charge >= 0.3 is 0 Å². The summed E-state index contributed by atoms with van der Waals surface area (Å²) in [5.41, 5.74) is 0.498. The Bertz CT molecular complexity index is 747. The third-order valence-corrected chi connectivity index (χ3v) is 5.36. The molecular formula is C17H10F4NP. The highest BCUT2D eigenvalue weighted by molar-refractivity contribution is 7.79. The fraction of sp³-hybridized carbons (Fsp3) is 0. The van der Waals surface area contributed by atoms with Crippen LogP contribution >= 0.6 is 7.92 Å². The van der Waals surface area contributed by atoms with Gasteiger partial charge in [0.25, 0.3) is 0 Å². The molecule has 0 fully saturated rings. The van der Waals surface area contributed by atoms with Crippen molar-refractivity contribution in [2.75, 3.05) is 0 Å². The quantitative estimate of drug-likeness (QED) is 0.528. The zero-order valence-electron chi connectivity index (χ0n) is 11.7. The van der Waals surface area contributed by atoms with Crippen molar-refractivity contribution in [1.82, 2.24) is 4.98 Å². The van der Waals surface area contributed by atoms with E-state index in [0.29, 0.717) is 16.0 Å². The van der Waals surface area contributed by atoms with Gasteiger partial charge in [-0.3, -0.25) is 4.98 Å². The van der Waals surface area contributed by atoms with Gasteiger partial charge < -0.3 is 0 Å². The summed E-state index contributed by atoms with van der Waals surface area (Å²) in [7, 11) is -1.58. The van der Waals surface area contributed by atoms with E-state index < -0.39 is 31.2 Å². The molecule has 2 aromatic carbocycles. The van der Waals surface area contributed by atoms with E-state index in [4.69, 9.17) is 0 Å². The topological polar surface area (TPSA) is 12.9 Å². The van der Waals surface area contributed by atoms with E-state index in [0.717, 1.165) is 36.4 Å². The van der Waals surface area contributed by atoms with Gasteiger partial charge in [0.05, 0.1) is 5.44 Å². The van der Waals surface area contributed by atoms with Crippen molar-refractivity contribution in [1.29, 1.82) is 0 Å². The smallest absolute Gasteiger partial charge is 0.126 e. The van der Waals surface area contributed by atoms with Crippen molar-refractivity contribution in [3.8, 4) is 0 Å². The number of halogens is 4. The third-order valence-electron chi connectivity index (χ3n) is 3.09. The molecule has 23 heavy (non-hydrogen) atoms. The second kappa shape index (κ2) is 6.47. The first-order chi connectivity index (χ1) is 11.0. The Hall–Kier alpha value is -2.26. The highest BCUT2D eigenvalue weighted by atomic mass is 31.1. The van der Waals surface area contributed by atoms with Crippen LogP contribution in [-0.2, 0) is 0 Å². The monoisotopic (exact) mass is 335 g/mol. The minimum Gasteiger partial charge on any atom is -0.256 e. The summed E-state index contributed by atoms with van der Waals surface area (Å²) < 4.78 is 54.3. The van der Waals surface area contributed by atoms with Crippen molar-refractivity contribution >= 4 is 24.0 Å². The number of hydrogen-bond acceptors (Lipinski definition) is 1. The molecule has 0 saturated carbocycles. The van der Waals surface area contributed by atoms with E-state index in [-0.39, 0.29) is 0 Å². The van der Waals surface area contributed by atoms with Crippen molar-refractivity contribution in [3.05, 3.63) is 84.1 Å². The van der Waals surface area contributed by atoms with Crippen LogP contribution in [0.5, 0.6) is 0 Å². The molecule has 0 aliphatic carbocycles. The van der Waals surface area contributed by atoms with E-state index in [9.17, 15) is 17.6 Å². The van der Waals surface area contributed by atoms with Crippen LogP contribution in [0.1, 0.15) is 0 Å². The van der Waals surface area contributed by atoms with Gasteiger partial charge in [-0.05, 0) is 47.0 Å². The molecule has 1 heterocycles. The lowest BCUT2D eigenvalue weighted by atomic mass is 10.3. The highest BCUT2D eigenvalue weighted by Gasteiger charge is 2.20. The van der Waals surface area contributed by atoms with Crippen LogP contribution in [0.3, 0.4) is 0 Å². The van der Waals surface area contributed by atoms with Gasteiger partial charge in [-0.25, -0.2) is 17.6 Å². The molecule has 0 spiro atoms. The minimum atomic E-state index is -1.58. The maximum Gasteiger partial charge on any atom is 0.126 e. The van der Waals surface area contributed by atoms with Crippen LogP contribution in [0, 0.1) is 23.3 Å². The van der Waals surface area contributed by atoms with Crippen LogP contribution in [0.4, 0.5) is 17.6 Å².